The number of alkyl halides is 5. The number of hydrogen-bond donors (Lipinski definition) is 0. The highest BCUT2D eigenvalue weighted by Gasteiger charge is 2.35. The van der Waals surface area contributed by atoms with Gasteiger partial charge in [0.05, 0.1) is 11.6 Å². The van der Waals surface area contributed by atoms with Gasteiger partial charge in [-0.25, -0.2) is 4.39 Å². The van der Waals surface area contributed by atoms with Gasteiger partial charge < -0.3 is 4.74 Å². The molecule has 0 aliphatic heterocycles. The lowest BCUT2D eigenvalue weighted by atomic mass is 9.77. The van der Waals surface area contributed by atoms with Crippen molar-refractivity contribution in [3.05, 3.63) is 71.3 Å². The second-order valence-corrected chi connectivity index (χ2v) is 8.31. The molecule has 32 heavy (non-hydrogen) atoms. The first-order chi connectivity index (χ1) is 15.1. The van der Waals surface area contributed by atoms with E-state index in [9.17, 15) is 26.3 Å². The van der Waals surface area contributed by atoms with E-state index in [0.717, 1.165) is 61.4 Å². The summed E-state index contributed by atoms with van der Waals surface area (Å²) >= 11 is 0. The fourth-order valence-corrected chi connectivity index (χ4v) is 4.26. The van der Waals surface area contributed by atoms with E-state index in [4.69, 9.17) is 4.74 Å². The van der Waals surface area contributed by atoms with Crippen molar-refractivity contribution in [2.75, 3.05) is 0 Å². The first kappa shape index (κ1) is 24.2. The molecule has 1 aliphatic carbocycles. The van der Waals surface area contributed by atoms with Crippen LogP contribution in [-0.2, 0) is 6.11 Å². The first-order valence-corrected chi connectivity index (χ1v) is 10.8. The average Bonchev–Trinajstić information content (AvgIpc) is 2.74. The minimum atomic E-state index is -4.81. The Morgan fingerprint density at radius 3 is 2.03 bits per heavy atom. The van der Waals surface area contributed by atoms with Crippen molar-refractivity contribution in [1.82, 2.24) is 0 Å². The standard InChI is InChI=1S/C25H26F6O/c1-2-3-17-4-6-18(7-5-17)19-8-12-21(13-9-19)25(30,31)32-22-14-10-20(11-15-22)23(26)16-24(27,28)29/h8-18H,2-7H2,1H3/b23-16-. The van der Waals surface area contributed by atoms with Crippen LogP contribution in [0.3, 0.4) is 0 Å². The average molecular weight is 456 g/mol. The number of ether oxygens (including phenoxy) is 1. The molecule has 2 aromatic carbocycles. The summed E-state index contributed by atoms with van der Waals surface area (Å²) < 4.78 is 84.2. The van der Waals surface area contributed by atoms with E-state index in [2.05, 4.69) is 6.92 Å². The largest absolute Gasteiger partial charge is 0.429 e. The topological polar surface area (TPSA) is 9.23 Å². The summed E-state index contributed by atoms with van der Waals surface area (Å²) in [5, 5.41) is 0. The van der Waals surface area contributed by atoms with E-state index < -0.39 is 24.2 Å². The third kappa shape index (κ3) is 6.53. The van der Waals surface area contributed by atoms with Crippen LogP contribution in [-0.4, -0.2) is 6.18 Å². The zero-order valence-electron chi connectivity index (χ0n) is 17.8. The van der Waals surface area contributed by atoms with Crippen LogP contribution in [0.15, 0.2) is 54.6 Å². The molecule has 2 aromatic rings. The molecule has 0 heterocycles. The Bertz CT molecular complexity index is 892. The van der Waals surface area contributed by atoms with Crippen LogP contribution in [0.25, 0.3) is 5.83 Å². The summed E-state index contributed by atoms with van der Waals surface area (Å²) in [5.74, 6) is -0.650. The van der Waals surface area contributed by atoms with Crippen LogP contribution in [0.5, 0.6) is 5.75 Å². The maximum Gasteiger partial charge on any atom is 0.426 e. The van der Waals surface area contributed by atoms with Gasteiger partial charge in [0.2, 0.25) is 0 Å². The van der Waals surface area contributed by atoms with Crippen LogP contribution in [0, 0.1) is 5.92 Å². The van der Waals surface area contributed by atoms with Crippen molar-refractivity contribution in [3.63, 3.8) is 0 Å². The molecule has 1 saturated carbocycles. The fourth-order valence-electron chi connectivity index (χ4n) is 4.26. The van der Waals surface area contributed by atoms with Gasteiger partial charge in [-0.15, -0.1) is 0 Å². The van der Waals surface area contributed by atoms with E-state index in [1.165, 1.54) is 25.0 Å². The lowest BCUT2D eigenvalue weighted by molar-refractivity contribution is -0.185. The highest BCUT2D eigenvalue weighted by Crippen LogP contribution is 2.39. The molecule has 0 spiro atoms. The summed E-state index contributed by atoms with van der Waals surface area (Å²) in [5.41, 5.74) is 0.333. The minimum absolute atomic E-state index is 0.281. The van der Waals surface area contributed by atoms with E-state index in [1.807, 2.05) is 0 Å². The van der Waals surface area contributed by atoms with Gasteiger partial charge in [-0.3, -0.25) is 0 Å². The third-order valence-electron chi connectivity index (χ3n) is 5.93. The Hall–Kier alpha value is -2.44. The quantitative estimate of drug-likeness (QED) is 0.379. The first-order valence-electron chi connectivity index (χ1n) is 10.8. The number of benzene rings is 2. The van der Waals surface area contributed by atoms with Gasteiger partial charge in [-0.1, -0.05) is 31.9 Å². The zero-order valence-corrected chi connectivity index (χ0v) is 17.8. The Morgan fingerprint density at radius 1 is 0.906 bits per heavy atom. The molecule has 0 saturated heterocycles. The van der Waals surface area contributed by atoms with Gasteiger partial charge in [0.15, 0.2) is 0 Å². The van der Waals surface area contributed by atoms with Crippen LogP contribution < -0.4 is 4.74 Å². The molecular weight excluding hydrogens is 430 g/mol. The van der Waals surface area contributed by atoms with Crippen molar-refractivity contribution >= 4 is 5.83 Å². The molecular formula is C25H26F6O. The normalized spacial score (nSPS) is 20.3. The Labute approximate surface area is 184 Å². The maximum absolute atomic E-state index is 14.6. The van der Waals surface area contributed by atoms with Crippen molar-refractivity contribution < 1.29 is 31.1 Å². The monoisotopic (exact) mass is 456 g/mol. The van der Waals surface area contributed by atoms with Gasteiger partial charge in [-0.05, 0) is 79.5 Å². The second-order valence-electron chi connectivity index (χ2n) is 8.31. The lowest BCUT2D eigenvalue weighted by Gasteiger charge is -2.29. The molecule has 3 rings (SSSR count). The molecule has 0 radical (unpaired) electrons. The number of hydrogen-bond acceptors (Lipinski definition) is 1. The van der Waals surface area contributed by atoms with Crippen LogP contribution in [0.2, 0.25) is 0 Å². The van der Waals surface area contributed by atoms with Crippen molar-refractivity contribution in [2.24, 2.45) is 5.92 Å². The Morgan fingerprint density at radius 2 is 1.50 bits per heavy atom. The molecule has 0 atom stereocenters. The maximum atomic E-state index is 14.6. The summed E-state index contributed by atoms with van der Waals surface area (Å²) in [4.78, 5) is 0. The summed E-state index contributed by atoms with van der Waals surface area (Å²) in [6.07, 6.45) is -2.09. The van der Waals surface area contributed by atoms with Gasteiger partial charge in [0, 0.05) is 5.56 Å². The van der Waals surface area contributed by atoms with Crippen molar-refractivity contribution in [2.45, 2.75) is 63.7 Å². The lowest BCUT2D eigenvalue weighted by Crippen LogP contribution is -2.22. The number of halogens is 6. The molecule has 7 heteroatoms. The summed E-state index contributed by atoms with van der Waals surface area (Å²) in [6, 6.07) is 10.0. The fraction of sp³-hybridized carbons (Fsp3) is 0.440. The molecule has 0 N–H and O–H groups in total. The van der Waals surface area contributed by atoms with Crippen LogP contribution >= 0.6 is 0 Å². The molecule has 174 valence electrons. The molecule has 0 bridgehead atoms. The minimum Gasteiger partial charge on any atom is -0.429 e. The van der Waals surface area contributed by atoms with E-state index in [1.54, 1.807) is 12.1 Å². The van der Waals surface area contributed by atoms with Crippen molar-refractivity contribution in [3.8, 4) is 5.75 Å². The van der Waals surface area contributed by atoms with Gasteiger partial charge in [-0.2, -0.15) is 22.0 Å². The highest BCUT2D eigenvalue weighted by atomic mass is 19.4. The Balaban J connectivity index is 1.63. The second kappa shape index (κ2) is 10.0. The summed E-state index contributed by atoms with van der Waals surface area (Å²) in [7, 11) is 0. The molecule has 1 nitrogen and oxygen atoms in total. The van der Waals surface area contributed by atoms with Gasteiger partial charge in [0.1, 0.15) is 11.6 Å². The third-order valence-corrected chi connectivity index (χ3v) is 5.93. The predicted octanol–water partition coefficient (Wildman–Crippen LogP) is 8.76. The molecule has 1 aliphatic rings. The molecule has 0 aromatic heterocycles. The van der Waals surface area contributed by atoms with Crippen LogP contribution in [0.1, 0.15) is 68.1 Å². The van der Waals surface area contributed by atoms with E-state index >= 15 is 0 Å². The molecule has 1 fully saturated rings. The van der Waals surface area contributed by atoms with E-state index in [0.29, 0.717) is 5.92 Å². The smallest absolute Gasteiger partial charge is 0.426 e. The predicted molar refractivity (Wildman–Crippen MR) is 112 cm³/mol. The van der Waals surface area contributed by atoms with Crippen LogP contribution in [0.4, 0.5) is 26.3 Å². The number of allylic oxidation sites excluding steroid dienone is 1. The van der Waals surface area contributed by atoms with E-state index in [-0.39, 0.29) is 16.9 Å². The van der Waals surface area contributed by atoms with Crippen molar-refractivity contribution in [1.29, 1.82) is 0 Å². The summed E-state index contributed by atoms with van der Waals surface area (Å²) in [6.45, 7) is 2.19. The zero-order chi connectivity index (χ0) is 23.4. The highest BCUT2D eigenvalue weighted by molar-refractivity contribution is 5.60. The number of rotatable bonds is 7. The Kier molecular flexibility index (Phi) is 7.57. The SMILES string of the molecule is CCCC1CCC(c2ccc(C(F)(F)Oc3ccc(/C(F)=C/C(F)(F)F)cc3)cc2)CC1. The molecule has 0 unspecified atom stereocenters. The van der Waals surface area contributed by atoms with Gasteiger partial charge in [0.25, 0.3) is 0 Å². The molecule has 0 amide bonds. The van der Waals surface area contributed by atoms with Gasteiger partial charge >= 0.3 is 12.3 Å².